The Kier molecular flexibility index (Phi) is 2.98. The predicted molar refractivity (Wildman–Crippen MR) is 67.4 cm³/mol. The number of phenols is 1. The quantitative estimate of drug-likeness (QED) is 0.782. The van der Waals surface area contributed by atoms with Crippen LogP contribution in [0.3, 0.4) is 0 Å². The number of benzene rings is 1. The highest BCUT2D eigenvalue weighted by Gasteiger charge is 2.51. The second kappa shape index (κ2) is 4.24. The minimum absolute atomic E-state index is 0.0802. The highest BCUT2D eigenvalue weighted by molar-refractivity contribution is 6.01. The largest absolute Gasteiger partial charge is 0.508 e. The van der Waals surface area contributed by atoms with E-state index in [1.54, 1.807) is 12.1 Å². The third kappa shape index (κ3) is 1.94. The van der Waals surface area contributed by atoms with E-state index in [1.807, 2.05) is 0 Å². The number of likely N-dealkylation sites (N-methyl/N-ethyl adjacent to an activating group) is 2. The van der Waals surface area contributed by atoms with Gasteiger partial charge in [0.1, 0.15) is 5.75 Å². The fourth-order valence-electron chi connectivity index (χ4n) is 2.47. The average molecular weight is 264 g/mol. The molecular formula is C13H16N2O4. The Morgan fingerprint density at radius 3 is 2.21 bits per heavy atom. The molecule has 0 aliphatic carbocycles. The predicted octanol–water partition coefficient (Wildman–Crippen LogP) is 0.708. The van der Waals surface area contributed by atoms with Gasteiger partial charge in [-0.2, -0.15) is 0 Å². The molecule has 2 N–H and O–H groups in total. The standard InChI is InChI=1S/C13H16N2O4/c1-13(19)10(8-4-6-9(16)7-5-8)14(2)12(18)15(3)11(13)17/h4-7,10,16,19H,1-3H3. The maximum absolute atomic E-state index is 12.0. The van der Waals surface area contributed by atoms with Gasteiger partial charge < -0.3 is 15.1 Å². The molecule has 0 aromatic heterocycles. The van der Waals surface area contributed by atoms with Crippen molar-refractivity contribution in [1.29, 1.82) is 0 Å². The van der Waals surface area contributed by atoms with E-state index in [-0.39, 0.29) is 5.75 Å². The van der Waals surface area contributed by atoms with E-state index in [0.29, 0.717) is 5.56 Å². The van der Waals surface area contributed by atoms with E-state index in [2.05, 4.69) is 0 Å². The molecule has 0 saturated carbocycles. The summed E-state index contributed by atoms with van der Waals surface area (Å²) in [5, 5.41) is 19.7. The summed E-state index contributed by atoms with van der Waals surface area (Å²) in [5.41, 5.74) is -1.13. The molecular weight excluding hydrogens is 248 g/mol. The number of urea groups is 1. The van der Waals surface area contributed by atoms with Crippen LogP contribution in [-0.2, 0) is 4.79 Å². The van der Waals surface area contributed by atoms with Gasteiger partial charge in [0.05, 0.1) is 6.04 Å². The van der Waals surface area contributed by atoms with Crippen LogP contribution in [0, 0.1) is 0 Å². The van der Waals surface area contributed by atoms with Crippen molar-refractivity contribution in [3.05, 3.63) is 29.8 Å². The molecule has 1 fully saturated rings. The number of rotatable bonds is 1. The molecule has 19 heavy (non-hydrogen) atoms. The van der Waals surface area contributed by atoms with Crippen molar-refractivity contribution in [3.8, 4) is 5.75 Å². The zero-order valence-corrected chi connectivity index (χ0v) is 11.0. The van der Waals surface area contributed by atoms with E-state index in [1.165, 1.54) is 38.1 Å². The second-order valence-corrected chi connectivity index (χ2v) is 4.90. The third-order valence-corrected chi connectivity index (χ3v) is 3.45. The number of phenolic OH excluding ortho intramolecular Hbond substituents is 1. The number of hydrogen-bond acceptors (Lipinski definition) is 4. The minimum Gasteiger partial charge on any atom is -0.508 e. The SMILES string of the molecule is CN1C(=O)N(C)C(c2ccc(O)cc2)C(C)(O)C1=O. The van der Waals surface area contributed by atoms with Gasteiger partial charge in [-0.3, -0.25) is 9.69 Å². The van der Waals surface area contributed by atoms with Crippen molar-refractivity contribution < 1.29 is 19.8 Å². The lowest BCUT2D eigenvalue weighted by Crippen LogP contribution is -2.63. The number of carbonyl (C=O) groups excluding carboxylic acids is 2. The van der Waals surface area contributed by atoms with Gasteiger partial charge >= 0.3 is 6.03 Å². The van der Waals surface area contributed by atoms with Crippen molar-refractivity contribution >= 4 is 11.9 Å². The summed E-state index contributed by atoms with van der Waals surface area (Å²) in [7, 11) is 2.86. The molecule has 3 amide bonds. The Labute approximate surface area is 110 Å². The molecule has 6 heteroatoms. The Morgan fingerprint density at radius 2 is 1.68 bits per heavy atom. The van der Waals surface area contributed by atoms with Gasteiger partial charge in [0, 0.05) is 14.1 Å². The molecule has 2 unspecified atom stereocenters. The molecule has 1 saturated heterocycles. The fourth-order valence-corrected chi connectivity index (χ4v) is 2.47. The minimum atomic E-state index is -1.71. The molecule has 0 radical (unpaired) electrons. The van der Waals surface area contributed by atoms with Gasteiger partial charge in [-0.05, 0) is 24.6 Å². The van der Waals surface area contributed by atoms with Crippen LogP contribution in [0.1, 0.15) is 18.5 Å². The summed E-state index contributed by atoms with van der Waals surface area (Å²) < 4.78 is 0. The van der Waals surface area contributed by atoms with Crippen molar-refractivity contribution in [1.82, 2.24) is 9.80 Å². The summed E-state index contributed by atoms with van der Waals surface area (Å²) in [6.45, 7) is 1.38. The molecule has 1 heterocycles. The van der Waals surface area contributed by atoms with E-state index >= 15 is 0 Å². The molecule has 6 nitrogen and oxygen atoms in total. The lowest BCUT2D eigenvalue weighted by atomic mass is 9.86. The highest BCUT2D eigenvalue weighted by Crippen LogP contribution is 2.37. The number of hydrogen-bond donors (Lipinski definition) is 2. The molecule has 0 spiro atoms. The zero-order chi connectivity index (χ0) is 14.4. The first-order valence-electron chi connectivity index (χ1n) is 5.83. The molecule has 1 aliphatic rings. The van der Waals surface area contributed by atoms with E-state index < -0.39 is 23.6 Å². The smallest absolute Gasteiger partial charge is 0.326 e. The van der Waals surface area contributed by atoms with Crippen LogP contribution in [0.5, 0.6) is 5.75 Å². The lowest BCUT2D eigenvalue weighted by Gasteiger charge is -2.45. The third-order valence-electron chi connectivity index (χ3n) is 3.45. The van der Waals surface area contributed by atoms with Gasteiger partial charge in [0.15, 0.2) is 5.60 Å². The first-order chi connectivity index (χ1) is 8.76. The molecule has 1 aliphatic heterocycles. The van der Waals surface area contributed by atoms with Gasteiger partial charge in [0.2, 0.25) is 0 Å². The van der Waals surface area contributed by atoms with Crippen molar-refractivity contribution in [2.45, 2.75) is 18.6 Å². The van der Waals surface area contributed by atoms with Gasteiger partial charge in [-0.15, -0.1) is 0 Å². The van der Waals surface area contributed by atoms with Crippen LogP contribution in [0.25, 0.3) is 0 Å². The number of imide groups is 1. The topological polar surface area (TPSA) is 81.1 Å². The molecule has 102 valence electrons. The number of nitrogens with zero attached hydrogens (tertiary/aromatic N) is 2. The van der Waals surface area contributed by atoms with Crippen LogP contribution in [-0.4, -0.2) is 51.6 Å². The lowest BCUT2D eigenvalue weighted by molar-refractivity contribution is -0.157. The Bertz CT molecular complexity index is 524. The number of aromatic hydroxyl groups is 1. The van der Waals surface area contributed by atoms with E-state index in [0.717, 1.165) is 4.90 Å². The van der Waals surface area contributed by atoms with Gasteiger partial charge in [-0.25, -0.2) is 4.79 Å². The maximum atomic E-state index is 12.0. The van der Waals surface area contributed by atoms with Crippen molar-refractivity contribution in [2.24, 2.45) is 0 Å². The Balaban J connectivity index is 2.50. The first kappa shape index (κ1) is 13.4. The summed E-state index contributed by atoms with van der Waals surface area (Å²) in [6, 6.07) is 4.80. The first-order valence-corrected chi connectivity index (χ1v) is 5.83. The summed E-state index contributed by atoms with van der Waals surface area (Å²) in [4.78, 5) is 26.2. The van der Waals surface area contributed by atoms with Crippen LogP contribution in [0.4, 0.5) is 4.79 Å². The fraction of sp³-hybridized carbons (Fsp3) is 0.385. The average Bonchev–Trinajstić information content (AvgIpc) is 2.37. The van der Waals surface area contributed by atoms with Crippen molar-refractivity contribution in [2.75, 3.05) is 14.1 Å². The number of carbonyl (C=O) groups is 2. The molecule has 0 bridgehead atoms. The van der Waals surface area contributed by atoms with Crippen LogP contribution >= 0.6 is 0 Å². The van der Waals surface area contributed by atoms with Gasteiger partial charge in [0.25, 0.3) is 5.91 Å². The van der Waals surface area contributed by atoms with Crippen LogP contribution in [0.15, 0.2) is 24.3 Å². The Hall–Kier alpha value is -2.08. The van der Waals surface area contributed by atoms with Crippen LogP contribution < -0.4 is 0 Å². The number of aliphatic hydroxyl groups is 1. The zero-order valence-electron chi connectivity index (χ0n) is 11.0. The maximum Gasteiger partial charge on any atom is 0.326 e. The monoisotopic (exact) mass is 264 g/mol. The van der Waals surface area contributed by atoms with E-state index in [4.69, 9.17) is 0 Å². The normalized spacial score (nSPS) is 27.9. The summed E-state index contributed by atoms with van der Waals surface area (Å²) in [5.74, 6) is -0.565. The molecule has 2 atom stereocenters. The second-order valence-electron chi connectivity index (χ2n) is 4.90. The molecule has 1 aromatic carbocycles. The molecule has 1 aromatic rings. The number of amides is 3. The Morgan fingerprint density at radius 1 is 1.16 bits per heavy atom. The highest BCUT2D eigenvalue weighted by atomic mass is 16.3. The molecule has 2 rings (SSSR count). The van der Waals surface area contributed by atoms with E-state index in [9.17, 15) is 19.8 Å². The summed E-state index contributed by atoms with van der Waals surface area (Å²) in [6.07, 6.45) is 0. The van der Waals surface area contributed by atoms with Crippen molar-refractivity contribution in [3.63, 3.8) is 0 Å². The van der Waals surface area contributed by atoms with Gasteiger partial charge in [-0.1, -0.05) is 12.1 Å². The van der Waals surface area contributed by atoms with Crippen LogP contribution in [0.2, 0.25) is 0 Å². The summed E-state index contributed by atoms with van der Waals surface area (Å²) >= 11 is 0.